The number of ether oxygens (including phenoxy) is 1. The van der Waals surface area contributed by atoms with Gasteiger partial charge in [0.05, 0.1) is 12.3 Å². The molecule has 0 amide bonds. The first kappa shape index (κ1) is 23.0. The molecule has 0 aliphatic carbocycles. The van der Waals surface area contributed by atoms with Crippen molar-refractivity contribution in [3.05, 3.63) is 59.4 Å². The van der Waals surface area contributed by atoms with Crippen LogP contribution in [0.1, 0.15) is 18.1 Å². The van der Waals surface area contributed by atoms with Gasteiger partial charge in [0.1, 0.15) is 11.6 Å². The van der Waals surface area contributed by atoms with E-state index in [2.05, 4.69) is 15.6 Å². The molecule has 0 heterocycles. The second-order valence-electron chi connectivity index (χ2n) is 6.00. The zero-order valence-electron chi connectivity index (χ0n) is 16.3. The molecule has 0 bridgehead atoms. The highest BCUT2D eigenvalue weighted by molar-refractivity contribution is 14.0. The highest BCUT2D eigenvalue weighted by Crippen LogP contribution is 2.19. The van der Waals surface area contributed by atoms with Gasteiger partial charge in [0, 0.05) is 39.8 Å². The fourth-order valence-electron chi connectivity index (χ4n) is 2.55. The maximum atomic E-state index is 14.1. The van der Waals surface area contributed by atoms with Gasteiger partial charge in [-0.1, -0.05) is 24.3 Å². The van der Waals surface area contributed by atoms with Crippen molar-refractivity contribution in [1.29, 1.82) is 0 Å². The lowest BCUT2D eigenvalue weighted by Crippen LogP contribution is -2.36. The first-order chi connectivity index (χ1) is 12.5. The summed E-state index contributed by atoms with van der Waals surface area (Å²) in [5.74, 6) is 1.27. The Bertz CT molecular complexity index is 753. The number of para-hydroxylation sites is 1. The Morgan fingerprint density at radius 1 is 1.11 bits per heavy atom. The molecule has 27 heavy (non-hydrogen) atoms. The first-order valence-corrected chi connectivity index (χ1v) is 8.66. The largest absolute Gasteiger partial charge is 0.494 e. The van der Waals surface area contributed by atoms with Crippen molar-refractivity contribution in [2.75, 3.05) is 32.6 Å². The molecule has 0 aliphatic rings. The Morgan fingerprint density at radius 2 is 1.81 bits per heavy atom. The molecule has 2 aromatic carbocycles. The predicted molar refractivity (Wildman–Crippen MR) is 121 cm³/mol. The first-order valence-electron chi connectivity index (χ1n) is 8.66. The molecule has 0 aromatic heterocycles. The van der Waals surface area contributed by atoms with Crippen LogP contribution in [0.3, 0.4) is 0 Å². The Balaban J connectivity index is 0.00000364. The van der Waals surface area contributed by atoms with Crippen LogP contribution in [0.15, 0.2) is 47.5 Å². The third-order valence-electron chi connectivity index (χ3n) is 3.90. The van der Waals surface area contributed by atoms with E-state index in [1.807, 2.05) is 51.4 Å². The number of halogens is 2. The summed E-state index contributed by atoms with van der Waals surface area (Å²) in [5, 5.41) is 6.46. The molecule has 0 aliphatic heterocycles. The Kier molecular flexibility index (Phi) is 9.92. The van der Waals surface area contributed by atoms with Crippen LogP contribution in [-0.4, -0.2) is 33.7 Å². The molecular formula is C20H28FIN4O. The van der Waals surface area contributed by atoms with Crippen LogP contribution >= 0.6 is 24.0 Å². The van der Waals surface area contributed by atoms with Crippen molar-refractivity contribution >= 4 is 35.6 Å². The Hall–Kier alpha value is -2.03. The quantitative estimate of drug-likeness (QED) is 0.356. The summed E-state index contributed by atoms with van der Waals surface area (Å²) in [7, 11) is 5.35. The maximum Gasteiger partial charge on any atom is 0.191 e. The normalized spacial score (nSPS) is 10.8. The second-order valence-corrected chi connectivity index (χ2v) is 6.00. The maximum absolute atomic E-state index is 14.1. The molecule has 5 nitrogen and oxygen atoms in total. The number of rotatable bonds is 7. The Morgan fingerprint density at radius 3 is 2.44 bits per heavy atom. The number of hydrogen-bond donors (Lipinski definition) is 2. The van der Waals surface area contributed by atoms with Crippen LogP contribution in [0.4, 0.5) is 10.1 Å². The van der Waals surface area contributed by atoms with Crippen LogP contribution < -0.4 is 20.3 Å². The molecule has 148 valence electrons. The summed E-state index contributed by atoms with van der Waals surface area (Å²) >= 11 is 0. The summed E-state index contributed by atoms with van der Waals surface area (Å²) in [6.45, 7) is 3.66. The second kappa shape index (κ2) is 11.6. The van der Waals surface area contributed by atoms with Crippen molar-refractivity contribution in [3.8, 4) is 5.75 Å². The summed E-state index contributed by atoms with van der Waals surface area (Å²) in [6, 6.07) is 13.1. The minimum Gasteiger partial charge on any atom is -0.494 e. The van der Waals surface area contributed by atoms with Crippen LogP contribution in [0.2, 0.25) is 0 Å². The lowest BCUT2D eigenvalue weighted by molar-refractivity contribution is 0.336. The van der Waals surface area contributed by atoms with E-state index >= 15 is 0 Å². The predicted octanol–water partition coefficient (Wildman–Crippen LogP) is 3.77. The molecule has 0 saturated heterocycles. The van der Waals surface area contributed by atoms with Crippen LogP contribution in [-0.2, 0) is 13.1 Å². The van der Waals surface area contributed by atoms with E-state index in [-0.39, 0.29) is 29.8 Å². The number of anilines is 1. The lowest BCUT2D eigenvalue weighted by atomic mass is 10.2. The number of guanidine groups is 1. The number of benzene rings is 2. The molecule has 0 radical (unpaired) electrons. The number of hydrogen-bond acceptors (Lipinski definition) is 3. The van der Waals surface area contributed by atoms with Gasteiger partial charge in [-0.15, -0.1) is 24.0 Å². The van der Waals surface area contributed by atoms with Crippen molar-refractivity contribution in [2.45, 2.75) is 20.0 Å². The van der Waals surface area contributed by atoms with Crippen LogP contribution in [0.25, 0.3) is 0 Å². The molecular weight excluding hydrogens is 458 g/mol. The van der Waals surface area contributed by atoms with Gasteiger partial charge in [-0.25, -0.2) is 4.39 Å². The summed E-state index contributed by atoms with van der Waals surface area (Å²) in [5.41, 5.74) is 2.48. The lowest BCUT2D eigenvalue weighted by Gasteiger charge is -2.16. The molecule has 7 heteroatoms. The molecule has 0 fully saturated rings. The van der Waals surface area contributed by atoms with E-state index in [1.165, 1.54) is 0 Å². The van der Waals surface area contributed by atoms with Gasteiger partial charge in [0.15, 0.2) is 5.96 Å². The van der Waals surface area contributed by atoms with Gasteiger partial charge in [-0.3, -0.25) is 4.99 Å². The fourth-order valence-corrected chi connectivity index (χ4v) is 2.55. The SMILES string of the molecule is CCOc1ccccc1CNC(=NC)NCc1ccc(N(C)C)c(F)c1.I. The van der Waals surface area contributed by atoms with E-state index < -0.39 is 0 Å². The monoisotopic (exact) mass is 486 g/mol. The van der Waals surface area contributed by atoms with Crippen LogP contribution in [0, 0.1) is 5.82 Å². The van der Waals surface area contributed by atoms with Gasteiger partial charge < -0.3 is 20.3 Å². The van der Waals surface area contributed by atoms with Gasteiger partial charge >= 0.3 is 0 Å². The third-order valence-corrected chi connectivity index (χ3v) is 3.90. The molecule has 0 saturated carbocycles. The summed E-state index contributed by atoms with van der Waals surface area (Å²) < 4.78 is 19.7. The fraction of sp³-hybridized carbons (Fsp3) is 0.350. The molecule has 0 atom stereocenters. The number of nitrogens with one attached hydrogen (secondary N) is 2. The molecule has 0 unspecified atom stereocenters. The van der Waals surface area contributed by atoms with E-state index in [0.717, 1.165) is 16.9 Å². The van der Waals surface area contributed by atoms with Gasteiger partial charge in [0.25, 0.3) is 0 Å². The van der Waals surface area contributed by atoms with E-state index in [4.69, 9.17) is 4.74 Å². The summed E-state index contributed by atoms with van der Waals surface area (Å²) in [6.07, 6.45) is 0. The van der Waals surface area contributed by atoms with Gasteiger partial charge in [-0.2, -0.15) is 0 Å². The van der Waals surface area contributed by atoms with Crippen molar-refractivity contribution in [3.63, 3.8) is 0 Å². The standard InChI is InChI=1S/C20H27FN4O.HI/c1-5-26-19-9-7-6-8-16(19)14-24-20(22-2)23-13-15-10-11-18(25(3)4)17(21)12-15;/h6-12H,5,13-14H2,1-4H3,(H2,22,23,24);1H. The minimum absolute atomic E-state index is 0. The molecule has 2 N–H and O–H groups in total. The van der Waals surface area contributed by atoms with Gasteiger partial charge in [-0.05, 0) is 30.7 Å². The zero-order chi connectivity index (χ0) is 18.9. The van der Waals surface area contributed by atoms with Crippen molar-refractivity contribution in [1.82, 2.24) is 10.6 Å². The van der Waals surface area contributed by atoms with Crippen molar-refractivity contribution in [2.24, 2.45) is 4.99 Å². The average Bonchev–Trinajstić information content (AvgIpc) is 2.63. The zero-order valence-corrected chi connectivity index (χ0v) is 18.6. The smallest absolute Gasteiger partial charge is 0.191 e. The van der Waals surface area contributed by atoms with E-state index in [0.29, 0.717) is 31.3 Å². The molecule has 2 rings (SSSR count). The number of nitrogens with zero attached hydrogens (tertiary/aromatic N) is 2. The highest BCUT2D eigenvalue weighted by Gasteiger charge is 2.07. The molecule has 0 spiro atoms. The summed E-state index contributed by atoms with van der Waals surface area (Å²) in [4.78, 5) is 5.97. The van der Waals surface area contributed by atoms with Crippen LogP contribution in [0.5, 0.6) is 5.75 Å². The topological polar surface area (TPSA) is 48.9 Å². The Labute approximate surface area is 178 Å². The van der Waals surface area contributed by atoms with E-state index in [9.17, 15) is 4.39 Å². The number of aliphatic imine (C=N–C) groups is 1. The van der Waals surface area contributed by atoms with Gasteiger partial charge in [0.2, 0.25) is 0 Å². The molecule has 2 aromatic rings. The highest BCUT2D eigenvalue weighted by atomic mass is 127. The van der Waals surface area contributed by atoms with Crippen molar-refractivity contribution < 1.29 is 9.13 Å². The van der Waals surface area contributed by atoms with E-state index in [1.54, 1.807) is 24.1 Å². The third kappa shape index (κ3) is 6.89. The minimum atomic E-state index is -0.233. The average molecular weight is 486 g/mol.